The van der Waals surface area contributed by atoms with Crippen LogP contribution >= 0.6 is 11.8 Å². The van der Waals surface area contributed by atoms with E-state index >= 15 is 0 Å². The molecule has 4 rings (SSSR count). The number of aromatic nitrogens is 4. The number of fused-ring (bicyclic) bond motifs is 2. The van der Waals surface area contributed by atoms with Gasteiger partial charge in [0.05, 0.1) is 18.7 Å². The maximum Gasteiger partial charge on any atom is 0.363 e. The van der Waals surface area contributed by atoms with Gasteiger partial charge in [-0.05, 0) is 47.9 Å². The van der Waals surface area contributed by atoms with Crippen molar-refractivity contribution in [1.82, 2.24) is 24.4 Å². The Morgan fingerprint density at radius 3 is 2.80 bits per heavy atom. The SMILES string of the molecule is COC(=O)c1cc(C(=O)O)nc2nc(=O)[nH]n12.N#Cc1ccc2c(c1)CC[C@@H]2NCl. The molecule has 0 fully saturated rings. The summed E-state index contributed by atoms with van der Waals surface area (Å²) in [6, 6.07) is 9.15. The third kappa shape index (κ3) is 4.14. The third-order valence-electron chi connectivity index (χ3n) is 4.44. The predicted octanol–water partition coefficient (Wildman–Crippen LogP) is 1.19. The summed E-state index contributed by atoms with van der Waals surface area (Å²) in [6.45, 7) is 0. The van der Waals surface area contributed by atoms with E-state index in [0.29, 0.717) is 0 Å². The van der Waals surface area contributed by atoms with Crippen molar-refractivity contribution in [2.45, 2.75) is 18.9 Å². The molecule has 12 heteroatoms. The van der Waals surface area contributed by atoms with E-state index in [1.54, 1.807) is 0 Å². The largest absolute Gasteiger partial charge is 0.477 e. The number of nitrogens with zero attached hydrogens (tertiary/aromatic N) is 4. The van der Waals surface area contributed by atoms with Crippen molar-refractivity contribution in [3.8, 4) is 6.07 Å². The van der Waals surface area contributed by atoms with E-state index in [0.717, 1.165) is 36.1 Å². The van der Waals surface area contributed by atoms with Crippen LogP contribution in [0, 0.1) is 11.3 Å². The number of nitrogens with one attached hydrogen (secondary N) is 2. The fraction of sp³-hybridized carbons (Fsp3) is 0.222. The first-order chi connectivity index (χ1) is 14.4. The van der Waals surface area contributed by atoms with Crippen molar-refractivity contribution < 1.29 is 19.4 Å². The molecule has 0 spiro atoms. The second-order valence-corrected chi connectivity index (χ2v) is 6.43. The average Bonchev–Trinajstić information content (AvgIpc) is 3.34. The minimum Gasteiger partial charge on any atom is -0.477 e. The lowest BCUT2D eigenvalue weighted by molar-refractivity contribution is 0.0590. The van der Waals surface area contributed by atoms with Gasteiger partial charge in [0, 0.05) is 12.1 Å². The quantitative estimate of drug-likeness (QED) is 0.409. The van der Waals surface area contributed by atoms with Crippen LogP contribution in [0.5, 0.6) is 0 Å². The topological polar surface area (TPSA) is 162 Å². The maximum atomic E-state index is 11.4. The second-order valence-electron chi connectivity index (χ2n) is 6.21. The Bertz CT molecular complexity index is 1230. The number of halogens is 1. The molecule has 0 amide bonds. The zero-order chi connectivity index (χ0) is 21.8. The number of rotatable bonds is 3. The summed E-state index contributed by atoms with van der Waals surface area (Å²) in [5.41, 5.74) is 1.88. The number of nitriles is 1. The first-order valence-corrected chi connectivity index (χ1v) is 8.96. The average molecular weight is 431 g/mol. The summed E-state index contributed by atoms with van der Waals surface area (Å²) in [5.74, 6) is -2.36. The minimum absolute atomic E-state index is 0.176. The van der Waals surface area contributed by atoms with Gasteiger partial charge in [0.2, 0.25) is 0 Å². The maximum absolute atomic E-state index is 11.4. The van der Waals surface area contributed by atoms with Crippen molar-refractivity contribution in [3.63, 3.8) is 0 Å². The van der Waals surface area contributed by atoms with Crippen LogP contribution in [0.2, 0.25) is 0 Å². The fourth-order valence-electron chi connectivity index (χ4n) is 3.05. The first kappa shape index (κ1) is 21.0. The summed E-state index contributed by atoms with van der Waals surface area (Å²) >= 11 is 5.59. The molecule has 1 aromatic carbocycles. The van der Waals surface area contributed by atoms with E-state index in [1.165, 1.54) is 11.1 Å². The van der Waals surface area contributed by atoms with Crippen LogP contribution in [0.25, 0.3) is 5.78 Å². The summed E-state index contributed by atoms with van der Waals surface area (Å²) in [6.07, 6.45) is 2.03. The monoisotopic (exact) mass is 430 g/mol. The van der Waals surface area contributed by atoms with Gasteiger partial charge >= 0.3 is 17.6 Å². The number of H-pyrrole nitrogens is 1. The zero-order valence-corrected chi connectivity index (χ0v) is 16.3. The van der Waals surface area contributed by atoms with Crippen LogP contribution in [0.3, 0.4) is 0 Å². The third-order valence-corrected chi connectivity index (χ3v) is 4.70. The smallest absolute Gasteiger partial charge is 0.363 e. The second kappa shape index (κ2) is 8.73. The Hall–Kier alpha value is -3.75. The molecule has 3 aromatic rings. The molecule has 1 aliphatic carbocycles. The Morgan fingerprint density at radius 2 is 2.17 bits per heavy atom. The molecule has 0 saturated carbocycles. The number of aromatic amines is 1. The minimum atomic E-state index is -1.34. The van der Waals surface area contributed by atoms with Crippen LogP contribution in [0.4, 0.5) is 0 Å². The van der Waals surface area contributed by atoms with E-state index in [2.05, 4.69) is 30.7 Å². The van der Waals surface area contributed by atoms with Crippen LogP contribution < -0.4 is 10.5 Å². The van der Waals surface area contributed by atoms with E-state index in [1.807, 2.05) is 18.2 Å². The molecule has 0 radical (unpaired) electrons. The van der Waals surface area contributed by atoms with Gasteiger partial charge in [0.1, 0.15) is 0 Å². The van der Waals surface area contributed by atoms with Gasteiger partial charge < -0.3 is 9.84 Å². The Labute approximate surface area is 174 Å². The van der Waals surface area contributed by atoms with Crippen LogP contribution in [0.15, 0.2) is 29.1 Å². The fourth-order valence-corrected chi connectivity index (χ4v) is 3.28. The zero-order valence-electron chi connectivity index (χ0n) is 15.5. The van der Waals surface area contributed by atoms with Crippen molar-refractivity contribution >= 4 is 29.5 Å². The number of hydrogen-bond donors (Lipinski definition) is 3. The van der Waals surface area contributed by atoms with Crippen LogP contribution in [-0.2, 0) is 11.2 Å². The summed E-state index contributed by atoms with van der Waals surface area (Å²) < 4.78 is 5.42. The number of carboxylic acid groups (broad SMARTS) is 1. The summed E-state index contributed by atoms with van der Waals surface area (Å²) in [5, 5.41) is 19.7. The summed E-state index contributed by atoms with van der Waals surface area (Å²) in [4.78, 5) is 42.9. The molecular formula is C18H15ClN6O5. The van der Waals surface area contributed by atoms with Gasteiger partial charge in [0.15, 0.2) is 11.4 Å². The lowest BCUT2D eigenvalue weighted by Gasteiger charge is -2.07. The highest BCUT2D eigenvalue weighted by molar-refractivity contribution is 6.13. The van der Waals surface area contributed by atoms with Crippen LogP contribution in [0.1, 0.15) is 50.1 Å². The Morgan fingerprint density at radius 1 is 1.40 bits per heavy atom. The van der Waals surface area contributed by atoms with Gasteiger partial charge in [-0.3, -0.25) is 0 Å². The molecule has 11 nitrogen and oxygen atoms in total. The molecule has 154 valence electrons. The highest BCUT2D eigenvalue weighted by Crippen LogP contribution is 2.31. The number of methoxy groups -OCH3 is 1. The van der Waals surface area contributed by atoms with E-state index < -0.39 is 23.3 Å². The van der Waals surface area contributed by atoms with Gasteiger partial charge in [0.25, 0.3) is 5.78 Å². The van der Waals surface area contributed by atoms with Crippen molar-refractivity contribution in [1.29, 1.82) is 5.26 Å². The number of benzene rings is 1. The molecule has 1 aliphatic rings. The number of carbonyl (C=O) groups is 2. The highest BCUT2D eigenvalue weighted by atomic mass is 35.5. The number of esters is 1. The Balaban J connectivity index is 0.000000177. The molecule has 1 atom stereocenters. The lowest BCUT2D eigenvalue weighted by Crippen LogP contribution is -2.14. The van der Waals surface area contributed by atoms with Gasteiger partial charge in [-0.2, -0.15) is 10.2 Å². The molecule has 0 unspecified atom stereocenters. The number of carbonyl (C=O) groups excluding carboxylic acids is 1. The Kier molecular flexibility index (Phi) is 6.10. The van der Waals surface area contributed by atoms with Gasteiger partial charge in [-0.1, -0.05) is 6.07 Å². The molecule has 0 saturated heterocycles. The van der Waals surface area contributed by atoms with Gasteiger partial charge in [-0.15, -0.1) is 0 Å². The summed E-state index contributed by atoms with van der Waals surface area (Å²) in [7, 11) is 1.13. The van der Waals surface area contributed by atoms with E-state index in [-0.39, 0.29) is 17.5 Å². The molecule has 3 N–H and O–H groups in total. The van der Waals surface area contributed by atoms with Crippen molar-refractivity contribution in [2.24, 2.45) is 0 Å². The molecule has 2 aromatic heterocycles. The number of hydrogen-bond acceptors (Lipinski definition) is 8. The molecule has 0 aliphatic heterocycles. The number of ether oxygens (including phenoxy) is 1. The predicted molar refractivity (Wildman–Crippen MR) is 103 cm³/mol. The first-order valence-electron chi connectivity index (χ1n) is 8.58. The normalized spacial score (nSPS) is 14.4. The highest BCUT2D eigenvalue weighted by Gasteiger charge is 2.21. The lowest BCUT2D eigenvalue weighted by atomic mass is 10.1. The molecule has 2 heterocycles. The van der Waals surface area contributed by atoms with Crippen molar-refractivity contribution in [3.05, 3.63) is 62.8 Å². The molecule has 30 heavy (non-hydrogen) atoms. The van der Waals surface area contributed by atoms with E-state index in [4.69, 9.17) is 22.1 Å². The molecule has 0 bridgehead atoms. The number of carboxylic acids is 1. The van der Waals surface area contributed by atoms with Crippen molar-refractivity contribution in [2.75, 3.05) is 7.11 Å². The number of aryl methyl sites for hydroxylation is 1. The number of aromatic carboxylic acids is 1. The van der Waals surface area contributed by atoms with Crippen LogP contribution in [-0.4, -0.2) is 43.7 Å². The van der Waals surface area contributed by atoms with Gasteiger partial charge in [-0.25, -0.2) is 33.8 Å². The van der Waals surface area contributed by atoms with E-state index in [9.17, 15) is 14.4 Å². The molecular weight excluding hydrogens is 416 g/mol. The standard InChI is InChI=1S/C10H9ClN2.C8H6N4O5/c11-13-10-4-2-8-5-7(6-12)1-3-9(8)10;1-17-6(15)4-2-3(5(13)14)9-7-10-8(16)11-12(4)7/h1,3,5,10,13H,2,4H2;2H,1H3,(H,11,16)(H,13,14)/t10-;/m0./s1.